The fourth-order valence-electron chi connectivity index (χ4n) is 6.55. The monoisotopic (exact) mass is 645 g/mol. The van der Waals surface area contributed by atoms with Crippen LogP contribution in [0.5, 0.6) is 0 Å². The Morgan fingerprint density at radius 1 is 0.702 bits per heavy atom. The maximum Gasteiger partial charge on any atom is 0.203 e. The van der Waals surface area contributed by atoms with E-state index >= 15 is 0 Å². The normalized spacial score (nSPS) is 16.0. The fourth-order valence-corrected chi connectivity index (χ4v) is 6.87. The van der Waals surface area contributed by atoms with Gasteiger partial charge in [-0.05, 0) is 80.1 Å². The lowest BCUT2D eigenvalue weighted by Crippen LogP contribution is -2.46. The number of piperazine rings is 1. The van der Waals surface area contributed by atoms with Crippen LogP contribution in [0.1, 0.15) is 24.2 Å². The van der Waals surface area contributed by atoms with Crippen molar-refractivity contribution >= 4 is 29.4 Å². The van der Waals surface area contributed by atoms with Gasteiger partial charge in [0.05, 0.1) is 25.1 Å². The Morgan fingerprint density at radius 2 is 1.34 bits per heavy atom. The summed E-state index contributed by atoms with van der Waals surface area (Å²) in [7, 11) is 0. The average Bonchev–Trinajstić information content (AvgIpc) is 3.46. The van der Waals surface area contributed by atoms with Crippen molar-refractivity contribution in [1.82, 2.24) is 29.5 Å². The Kier molecular flexibility index (Phi) is 9.88. The maximum atomic E-state index is 5.98. The molecule has 2 aliphatic rings. The molecule has 0 amide bonds. The van der Waals surface area contributed by atoms with E-state index in [-0.39, 0.29) is 0 Å². The Morgan fingerprint density at radius 3 is 2.00 bits per heavy atom. The molecule has 0 bridgehead atoms. The van der Waals surface area contributed by atoms with E-state index in [0.29, 0.717) is 24.0 Å². The summed E-state index contributed by atoms with van der Waals surface area (Å²) in [5.74, 6) is 1.87. The predicted octanol–water partition coefficient (Wildman–Crippen LogP) is 5.95. The molecule has 47 heavy (non-hydrogen) atoms. The van der Waals surface area contributed by atoms with Crippen LogP contribution in [0.4, 0.5) is 17.2 Å². The summed E-state index contributed by atoms with van der Waals surface area (Å²) in [6.07, 6.45) is 4.14. The van der Waals surface area contributed by atoms with Crippen LogP contribution in [-0.4, -0.2) is 69.5 Å². The number of benzene rings is 3. The Hall–Kier alpha value is -4.51. The third-order valence-electron chi connectivity index (χ3n) is 9.21. The number of likely N-dealkylation sites (tertiary alicyclic amines) is 1. The van der Waals surface area contributed by atoms with E-state index in [1.807, 2.05) is 29.1 Å². The largest absolute Gasteiger partial charge is 0.376 e. The lowest BCUT2D eigenvalue weighted by molar-refractivity contribution is 0.185. The lowest BCUT2D eigenvalue weighted by Gasteiger charge is -2.36. The molecule has 0 radical (unpaired) electrons. The van der Waals surface area contributed by atoms with Crippen LogP contribution < -0.4 is 20.4 Å². The minimum absolute atomic E-state index is 0.443. The van der Waals surface area contributed by atoms with Gasteiger partial charge in [0.15, 0.2) is 5.82 Å². The van der Waals surface area contributed by atoms with E-state index in [0.717, 1.165) is 81.7 Å². The molecule has 7 rings (SSSR count). The van der Waals surface area contributed by atoms with Crippen LogP contribution in [0, 0.1) is 4.77 Å². The van der Waals surface area contributed by atoms with Crippen molar-refractivity contribution in [2.45, 2.75) is 38.6 Å². The first kappa shape index (κ1) is 31.1. The summed E-state index contributed by atoms with van der Waals surface area (Å²) in [5, 5.41) is 12.3. The van der Waals surface area contributed by atoms with Gasteiger partial charge < -0.3 is 15.1 Å². The van der Waals surface area contributed by atoms with Gasteiger partial charge in [-0.25, -0.2) is 9.67 Å². The van der Waals surface area contributed by atoms with Crippen molar-refractivity contribution in [3.8, 4) is 5.69 Å². The highest BCUT2D eigenvalue weighted by Gasteiger charge is 2.21. The SMILES string of the molecule is S=c1n(CNC2CCN(Cc3ccccc3)CC2)nc(CNc2ccc(N3CCN(c4ccccc4)CC3)nc2)n1-c1ccccc1. The second-order valence-corrected chi connectivity index (χ2v) is 12.7. The van der Waals surface area contributed by atoms with E-state index < -0.39 is 0 Å². The predicted molar refractivity (Wildman–Crippen MR) is 193 cm³/mol. The number of aromatic nitrogens is 4. The molecule has 5 aromatic rings. The zero-order chi connectivity index (χ0) is 31.8. The number of anilines is 3. The van der Waals surface area contributed by atoms with E-state index in [2.05, 4.69) is 115 Å². The van der Waals surface area contributed by atoms with E-state index in [4.69, 9.17) is 22.3 Å². The minimum Gasteiger partial charge on any atom is -0.376 e. The first-order valence-electron chi connectivity index (χ1n) is 16.7. The maximum absolute atomic E-state index is 5.98. The molecule has 9 nitrogen and oxygen atoms in total. The quantitative estimate of drug-likeness (QED) is 0.171. The van der Waals surface area contributed by atoms with E-state index in [9.17, 15) is 0 Å². The van der Waals surface area contributed by atoms with Crippen LogP contribution in [0.3, 0.4) is 0 Å². The van der Waals surface area contributed by atoms with Crippen molar-refractivity contribution in [2.75, 3.05) is 54.4 Å². The molecule has 2 aromatic heterocycles. The summed E-state index contributed by atoms with van der Waals surface area (Å²) >= 11 is 5.98. The van der Waals surface area contributed by atoms with Gasteiger partial charge in [0.1, 0.15) is 5.82 Å². The third-order valence-corrected chi connectivity index (χ3v) is 9.60. The molecule has 0 spiro atoms. The number of hydrogen-bond acceptors (Lipinski definition) is 8. The third kappa shape index (κ3) is 7.73. The highest BCUT2D eigenvalue weighted by molar-refractivity contribution is 7.71. The van der Waals surface area contributed by atoms with Crippen LogP contribution in [0.2, 0.25) is 0 Å². The Bertz CT molecular complexity index is 1740. The molecular weight excluding hydrogens is 603 g/mol. The molecule has 242 valence electrons. The van der Waals surface area contributed by atoms with Crippen molar-refractivity contribution in [3.05, 3.63) is 125 Å². The summed E-state index contributed by atoms with van der Waals surface area (Å²) < 4.78 is 4.68. The van der Waals surface area contributed by atoms with Crippen molar-refractivity contribution in [3.63, 3.8) is 0 Å². The van der Waals surface area contributed by atoms with Crippen LogP contribution in [0.15, 0.2) is 109 Å². The fraction of sp³-hybridized carbons (Fsp3) is 0.324. The topological polar surface area (TPSA) is 69.4 Å². The number of nitrogens with zero attached hydrogens (tertiary/aromatic N) is 7. The van der Waals surface area contributed by atoms with Crippen molar-refractivity contribution < 1.29 is 0 Å². The smallest absolute Gasteiger partial charge is 0.203 e. The molecule has 2 saturated heterocycles. The average molecular weight is 646 g/mol. The highest BCUT2D eigenvalue weighted by atomic mass is 32.1. The second kappa shape index (κ2) is 14.9. The van der Waals surface area contributed by atoms with Gasteiger partial charge in [0.2, 0.25) is 4.77 Å². The summed E-state index contributed by atoms with van der Waals surface area (Å²) in [6.45, 7) is 8.17. The van der Waals surface area contributed by atoms with Gasteiger partial charge in [-0.15, -0.1) is 0 Å². The van der Waals surface area contributed by atoms with Crippen LogP contribution in [-0.2, 0) is 19.8 Å². The molecule has 0 aliphatic carbocycles. The molecule has 2 fully saturated rings. The van der Waals surface area contributed by atoms with Crippen molar-refractivity contribution in [1.29, 1.82) is 0 Å². The molecule has 0 atom stereocenters. The van der Waals surface area contributed by atoms with Crippen LogP contribution >= 0.6 is 12.2 Å². The molecule has 10 heteroatoms. The Balaban J connectivity index is 0.958. The Labute approximate surface area is 282 Å². The molecule has 0 unspecified atom stereocenters. The first-order chi connectivity index (χ1) is 23.2. The van der Waals surface area contributed by atoms with Crippen molar-refractivity contribution in [2.24, 2.45) is 0 Å². The zero-order valence-electron chi connectivity index (χ0n) is 26.8. The molecular formula is C37H43N9S. The van der Waals surface area contributed by atoms with E-state index in [1.54, 1.807) is 0 Å². The number of rotatable bonds is 11. The number of para-hydroxylation sites is 2. The lowest BCUT2D eigenvalue weighted by atomic mass is 10.0. The molecule has 0 saturated carbocycles. The summed E-state index contributed by atoms with van der Waals surface area (Å²) in [6, 6.07) is 36.3. The van der Waals surface area contributed by atoms with Gasteiger partial charge in [-0.1, -0.05) is 66.7 Å². The van der Waals surface area contributed by atoms with Gasteiger partial charge in [-0.3, -0.25) is 14.8 Å². The van der Waals surface area contributed by atoms with Gasteiger partial charge in [-0.2, -0.15) is 5.10 Å². The number of hydrogen-bond donors (Lipinski definition) is 2. The minimum atomic E-state index is 0.443. The number of pyridine rings is 1. The van der Waals surface area contributed by atoms with Gasteiger partial charge >= 0.3 is 0 Å². The molecule has 2 aliphatic heterocycles. The second-order valence-electron chi connectivity index (χ2n) is 12.3. The standard InChI is InChI=1S/C37H43N9S/c47-37-45(29-40-31-18-20-42(21-19-31)28-30-10-4-1-5-11-30)41-36(46(37)34-14-8-3-9-15-34)27-38-32-16-17-35(39-26-32)44-24-22-43(23-25-44)33-12-6-2-7-13-33/h1-17,26,31,38,40H,18-25,27-29H2. The summed E-state index contributed by atoms with van der Waals surface area (Å²) in [5.41, 5.74) is 4.63. The van der Waals surface area contributed by atoms with Gasteiger partial charge in [0, 0.05) is 50.1 Å². The summed E-state index contributed by atoms with van der Waals surface area (Å²) in [4.78, 5) is 12.1. The number of piperidine rings is 1. The van der Waals surface area contributed by atoms with Crippen LogP contribution in [0.25, 0.3) is 5.69 Å². The molecule has 4 heterocycles. The number of nitrogens with one attached hydrogen (secondary N) is 2. The van der Waals surface area contributed by atoms with E-state index in [1.165, 1.54) is 11.3 Å². The highest BCUT2D eigenvalue weighted by Crippen LogP contribution is 2.21. The zero-order valence-corrected chi connectivity index (χ0v) is 27.6. The van der Waals surface area contributed by atoms with Gasteiger partial charge in [0.25, 0.3) is 0 Å². The first-order valence-corrected chi connectivity index (χ1v) is 17.1. The molecule has 3 aromatic carbocycles. The molecule has 2 N–H and O–H groups in total.